The predicted molar refractivity (Wildman–Crippen MR) is 94.3 cm³/mol. The van der Waals surface area contributed by atoms with Crippen molar-refractivity contribution >= 4 is 34.0 Å². The minimum atomic E-state index is -4.19. The number of halogens is 3. The molecule has 0 bridgehead atoms. The number of nitrogens with zero attached hydrogens (tertiary/aromatic N) is 2. The zero-order chi connectivity index (χ0) is 19.5. The average Bonchev–Trinajstić information content (AvgIpc) is 3.10. The van der Waals surface area contributed by atoms with Crippen LogP contribution in [0.15, 0.2) is 29.2 Å². The monoisotopic (exact) mass is 428 g/mol. The lowest BCUT2D eigenvalue weighted by Crippen LogP contribution is -2.49. The third-order valence-corrected chi connectivity index (χ3v) is 5.87. The Morgan fingerprint density at radius 2 is 2.11 bits per heavy atom. The van der Waals surface area contributed by atoms with E-state index in [9.17, 15) is 32.1 Å². The van der Waals surface area contributed by atoms with Crippen molar-refractivity contribution in [2.24, 2.45) is 5.73 Å². The summed E-state index contributed by atoms with van der Waals surface area (Å²) in [7, 11) is -4.19. The number of carbonyl (C=O) groups is 1. The molecule has 1 saturated heterocycles. The largest absolute Gasteiger partial charge is 0.349 e. The molecule has 0 aromatic heterocycles. The zero-order valence-corrected chi connectivity index (χ0v) is 15.6. The maximum atomic E-state index is 13.2. The van der Waals surface area contributed by atoms with Gasteiger partial charge in [0.05, 0.1) is 22.9 Å². The van der Waals surface area contributed by atoms with Gasteiger partial charge < -0.3 is 11.1 Å². The molecule has 1 fully saturated rings. The molecule has 152 valence electrons. The first kappa shape index (κ1) is 23.1. The highest BCUT2D eigenvalue weighted by atomic mass is 35.5. The fourth-order valence-electron chi connectivity index (χ4n) is 2.59. The maximum Gasteiger partial charge on any atom is 0.277 e. The first-order valence-corrected chi connectivity index (χ1v) is 9.14. The SMILES string of the molecule is Cl.NCC(F)(F)CNC(=O)C1CCCN1S(=O)(=O)c1cccc([N+](=O)[O-])c1. The Bertz CT molecular complexity index is 808. The highest BCUT2D eigenvalue weighted by Crippen LogP contribution is 2.28. The number of nitro benzene ring substituents is 1. The van der Waals surface area contributed by atoms with Gasteiger partial charge >= 0.3 is 0 Å². The number of nitro groups is 1. The number of non-ortho nitro benzene ring substituents is 1. The van der Waals surface area contributed by atoms with Gasteiger partial charge in [0.1, 0.15) is 6.04 Å². The van der Waals surface area contributed by atoms with Crippen LogP contribution in [0, 0.1) is 10.1 Å². The summed E-state index contributed by atoms with van der Waals surface area (Å²) in [4.78, 5) is 21.9. The van der Waals surface area contributed by atoms with Gasteiger partial charge in [-0.25, -0.2) is 17.2 Å². The Balaban J connectivity index is 0.00000364. The van der Waals surface area contributed by atoms with Crippen molar-refractivity contribution in [3.05, 3.63) is 34.4 Å². The Hall–Kier alpha value is -1.89. The number of benzene rings is 1. The lowest BCUT2D eigenvalue weighted by atomic mass is 10.2. The number of nitrogens with one attached hydrogen (secondary N) is 1. The quantitative estimate of drug-likeness (QED) is 0.488. The van der Waals surface area contributed by atoms with E-state index < -0.39 is 51.6 Å². The summed E-state index contributed by atoms with van der Waals surface area (Å²) < 4.78 is 52.7. The summed E-state index contributed by atoms with van der Waals surface area (Å²) in [5.41, 5.74) is 4.49. The summed E-state index contributed by atoms with van der Waals surface area (Å²) in [5.74, 6) is -4.15. The molecular weight excluding hydrogens is 410 g/mol. The lowest BCUT2D eigenvalue weighted by molar-refractivity contribution is -0.385. The van der Waals surface area contributed by atoms with Crippen LogP contribution in [0.2, 0.25) is 0 Å². The number of rotatable bonds is 7. The molecule has 0 spiro atoms. The zero-order valence-electron chi connectivity index (χ0n) is 14.0. The van der Waals surface area contributed by atoms with E-state index in [1.807, 2.05) is 5.32 Å². The molecule has 9 nitrogen and oxygen atoms in total. The van der Waals surface area contributed by atoms with Crippen LogP contribution in [-0.4, -0.2) is 55.2 Å². The molecule has 0 radical (unpaired) electrons. The molecule has 1 aromatic rings. The van der Waals surface area contributed by atoms with Crippen molar-refractivity contribution in [2.45, 2.75) is 29.7 Å². The molecule has 1 unspecified atom stereocenters. The minimum Gasteiger partial charge on any atom is -0.349 e. The van der Waals surface area contributed by atoms with E-state index in [0.717, 1.165) is 16.4 Å². The van der Waals surface area contributed by atoms with E-state index in [0.29, 0.717) is 6.42 Å². The Kier molecular flexibility index (Phi) is 7.60. The van der Waals surface area contributed by atoms with E-state index in [1.165, 1.54) is 12.1 Å². The van der Waals surface area contributed by atoms with Crippen molar-refractivity contribution in [2.75, 3.05) is 19.6 Å². The van der Waals surface area contributed by atoms with Crippen LogP contribution in [0.1, 0.15) is 12.8 Å². The number of sulfonamides is 1. The molecule has 2 rings (SSSR count). The number of nitrogens with two attached hydrogens (primary N) is 1. The molecule has 1 aromatic carbocycles. The Morgan fingerprint density at radius 1 is 1.44 bits per heavy atom. The van der Waals surface area contributed by atoms with Crippen LogP contribution in [0.4, 0.5) is 14.5 Å². The molecule has 1 amide bonds. The highest BCUT2D eigenvalue weighted by Gasteiger charge is 2.40. The van der Waals surface area contributed by atoms with Crippen molar-refractivity contribution in [1.29, 1.82) is 0 Å². The maximum absolute atomic E-state index is 13.2. The molecule has 1 atom stereocenters. The summed E-state index contributed by atoms with van der Waals surface area (Å²) in [6, 6.07) is 3.27. The smallest absolute Gasteiger partial charge is 0.277 e. The van der Waals surface area contributed by atoms with Gasteiger partial charge in [0.2, 0.25) is 15.9 Å². The molecule has 27 heavy (non-hydrogen) atoms. The highest BCUT2D eigenvalue weighted by molar-refractivity contribution is 7.89. The van der Waals surface area contributed by atoms with Crippen LogP contribution in [-0.2, 0) is 14.8 Å². The van der Waals surface area contributed by atoms with E-state index in [-0.39, 0.29) is 30.3 Å². The van der Waals surface area contributed by atoms with Crippen LogP contribution in [0.5, 0.6) is 0 Å². The number of amides is 1. The molecule has 3 N–H and O–H groups in total. The van der Waals surface area contributed by atoms with Gasteiger partial charge in [-0.05, 0) is 18.9 Å². The Morgan fingerprint density at radius 3 is 2.70 bits per heavy atom. The van der Waals surface area contributed by atoms with Crippen molar-refractivity contribution in [1.82, 2.24) is 9.62 Å². The Labute approximate surface area is 160 Å². The second-order valence-electron chi connectivity index (χ2n) is 5.81. The molecule has 1 aliphatic rings. The van der Waals surface area contributed by atoms with Crippen LogP contribution < -0.4 is 11.1 Å². The number of hydrogen-bond acceptors (Lipinski definition) is 6. The van der Waals surface area contributed by atoms with Gasteiger partial charge in [-0.1, -0.05) is 6.07 Å². The van der Waals surface area contributed by atoms with Crippen LogP contribution >= 0.6 is 12.4 Å². The topological polar surface area (TPSA) is 136 Å². The van der Waals surface area contributed by atoms with Gasteiger partial charge in [0, 0.05) is 18.7 Å². The van der Waals surface area contributed by atoms with E-state index >= 15 is 0 Å². The summed E-state index contributed by atoms with van der Waals surface area (Å²) in [6.45, 7) is -1.94. The normalized spacial score (nSPS) is 18.0. The van der Waals surface area contributed by atoms with E-state index in [4.69, 9.17) is 5.73 Å². The first-order chi connectivity index (χ1) is 12.1. The fourth-order valence-corrected chi connectivity index (χ4v) is 4.29. The standard InChI is InChI=1S/C14H18F2N4O5S.ClH/c15-14(16,8-17)9-18-13(21)12-5-2-6-19(12)26(24,25)11-4-1-3-10(7-11)20(22)23;/h1,3-4,7,12H,2,5-6,8-9,17H2,(H,18,21);1H. The van der Waals surface area contributed by atoms with Crippen LogP contribution in [0.25, 0.3) is 0 Å². The third-order valence-electron chi connectivity index (χ3n) is 3.96. The number of hydrogen-bond donors (Lipinski definition) is 2. The second-order valence-corrected chi connectivity index (χ2v) is 7.70. The molecule has 0 aliphatic carbocycles. The van der Waals surface area contributed by atoms with E-state index in [1.54, 1.807) is 0 Å². The molecule has 13 heteroatoms. The fraction of sp³-hybridized carbons (Fsp3) is 0.500. The van der Waals surface area contributed by atoms with Crippen molar-refractivity contribution < 1.29 is 26.9 Å². The van der Waals surface area contributed by atoms with Crippen molar-refractivity contribution in [3.8, 4) is 0 Å². The summed E-state index contributed by atoms with van der Waals surface area (Å²) in [6.07, 6.45) is 0.522. The average molecular weight is 429 g/mol. The number of carbonyl (C=O) groups excluding carboxylic acids is 1. The van der Waals surface area contributed by atoms with Gasteiger partial charge in [0.15, 0.2) is 0 Å². The summed E-state index contributed by atoms with van der Waals surface area (Å²) >= 11 is 0. The van der Waals surface area contributed by atoms with Crippen molar-refractivity contribution in [3.63, 3.8) is 0 Å². The molecule has 1 heterocycles. The van der Waals surface area contributed by atoms with Gasteiger partial charge in [-0.2, -0.15) is 4.31 Å². The van der Waals surface area contributed by atoms with E-state index in [2.05, 4.69) is 0 Å². The second kappa shape index (κ2) is 8.87. The van der Waals surface area contributed by atoms with Gasteiger partial charge in [-0.15, -0.1) is 12.4 Å². The lowest BCUT2D eigenvalue weighted by Gasteiger charge is -2.24. The molecule has 1 aliphatic heterocycles. The minimum absolute atomic E-state index is 0. The van der Waals surface area contributed by atoms with Crippen LogP contribution in [0.3, 0.4) is 0 Å². The van der Waals surface area contributed by atoms with Gasteiger partial charge in [-0.3, -0.25) is 14.9 Å². The van der Waals surface area contributed by atoms with Gasteiger partial charge in [0.25, 0.3) is 11.6 Å². The number of alkyl halides is 2. The predicted octanol–water partition coefficient (Wildman–Crippen LogP) is 0.880. The molecule has 0 saturated carbocycles. The first-order valence-electron chi connectivity index (χ1n) is 7.70. The third kappa shape index (κ3) is 5.31. The molecular formula is C14H19ClF2N4O5S. The summed E-state index contributed by atoms with van der Waals surface area (Å²) in [5, 5.41) is 12.8.